The SMILES string of the molecule is Cc1ccccc1C(=O)NCCC(=O)NNC(=O)[C@H](C)Oc1ccc(F)cc1. The molecule has 8 heteroatoms. The number of hydrogen-bond acceptors (Lipinski definition) is 4. The lowest BCUT2D eigenvalue weighted by Crippen LogP contribution is -2.47. The number of benzene rings is 2. The van der Waals surface area contributed by atoms with Gasteiger partial charge in [-0.2, -0.15) is 0 Å². The average molecular weight is 387 g/mol. The van der Waals surface area contributed by atoms with Gasteiger partial charge in [-0.15, -0.1) is 0 Å². The van der Waals surface area contributed by atoms with Crippen LogP contribution in [0.4, 0.5) is 4.39 Å². The second-order valence-electron chi connectivity index (χ2n) is 6.07. The van der Waals surface area contributed by atoms with Crippen LogP contribution in [0.25, 0.3) is 0 Å². The third-order valence-corrected chi connectivity index (χ3v) is 3.85. The lowest BCUT2D eigenvalue weighted by Gasteiger charge is -2.15. The second kappa shape index (κ2) is 10.1. The highest BCUT2D eigenvalue weighted by molar-refractivity contribution is 5.95. The molecule has 0 fully saturated rings. The molecule has 2 aromatic rings. The van der Waals surface area contributed by atoms with Gasteiger partial charge in [-0.05, 0) is 49.7 Å². The molecule has 0 saturated heterocycles. The van der Waals surface area contributed by atoms with Crippen molar-refractivity contribution in [3.63, 3.8) is 0 Å². The Hall–Kier alpha value is -3.42. The van der Waals surface area contributed by atoms with Gasteiger partial charge in [0.2, 0.25) is 5.91 Å². The van der Waals surface area contributed by atoms with Crippen molar-refractivity contribution in [3.05, 3.63) is 65.5 Å². The molecule has 0 radical (unpaired) electrons. The maximum absolute atomic E-state index is 12.9. The van der Waals surface area contributed by atoms with Crippen LogP contribution in [-0.2, 0) is 9.59 Å². The Morgan fingerprint density at radius 2 is 1.71 bits per heavy atom. The standard InChI is InChI=1S/C20H22FN3O4/c1-13-5-3-4-6-17(13)20(27)22-12-11-18(25)23-24-19(26)14(2)28-16-9-7-15(21)8-10-16/h3-10,14H,11-12H2,1-2H3,(H,22,27)(H,23,25)(H,24,26)/t14-/m0/s1. The average Bonchev–Trinajstić information content (AvgIpc) is 2.68. The quantitative estimate of drug-likeness (QED) is 0.632. The van der Waals surface area contributed by atoms with E-state index in [9.17, 15) is 18.8 Å². The van der Waals surface area contributed by atoms with Crippen LogP contribution >= 0.6 is 0 Å². The van der Waals surface area contributed by atoms with Crippen molar-refractivity contribution in [1.29, 1.82) is 0 Å². The molecule has 0 aliphatic rings. The van der Waals surface area contributed by atoms with E-state index in [4.69, 9.17) is 4.74 Å². The number of aryl methyl sites for hydroxylation is 1. The van der Waals surface area contributed by atoms with Gasteiger partial charge in [0.15, 0.2) is 6.10 Å². The zero-order chi connectivity index (χ0) is 20.5. The second-order valence-corrected chi connectivity index (χ2v) is 6.07. The number of nitrogens with one attached hydrogen (secondary N) is 3. The molecule has 28 heavy (non-hydrogen) atoms. The molecule has 2 rings (SSSR count). The minimum Gasteiger partial charge on any atom is -0.481 e. The fraction of sp³-hybridized carbons (Fsp3) is 0.250. The van der Waals surface area contributed by atoms with Crippen LogP contribution in [0, 0.1) is 12.7 Å². The molecule has 7 nitrogen and oxygen atoms in total. The first-order valence-electron chi connectivity index (χ1n) is 8.71. The molecule has 0 saturated carbocycles. The summed E-state index contributed by atoms with van der Waals surface area (Å²) in [6, 6.07) is 12.4. The third kappa shape index (κ3) is 6.39. The molecule has 0 heterocycles. The molecular formula is C20H22FN3O4. The number of ether oxygens (including phenoxy) is 1. The number of halogens is 1. The summed E-state index contributed by atoms with van der Waals surface area (Å²) in [4.78, 5) is 35.8. The minimum absolute atomic E-state index is 0.00883. The maximum atomic E-state index is 12.9. The smallest absolute Gasteiger partial charge is 0.279 e. The molecule has 0 aromatic heterocycles. The summed E-state index contributed by atoms with van der Waals surface area (Å²) in [7, 11) is 0. The monoisotopic (exact) mass is 387 g/mol. The molecule has 0 spiro atoms. The third-order valence-electron chi connectivity index (χ3n) is 3.85. The molecular weight excluding hydrogens is 365 g/mol. The van der Waals surface area contributed by atoms with Crippen LogP contribution in [0.2, 0.25) is 0 Å². The van der Waals surface area contributed by atoms with Crippen molar-refractivity contribution in [2.45, 2.75) is 26.4 Å². The summed E-state index contributed by atoms with van der Waals surface area (Å²) in [5.74, 6) is -1.38. The first kappa shape index (κ1) is 20.9. The van der Waals surface area contributed by atoms with Gasteiger partial charge >= 0.3 is 0 Å². The summed E-state index contributed by atoms with van der Waals surface area (Å²) in [6.45, 7) is 3.44. The van der Waals surface area contributed by atoms with E-state index in [-0.39, 0.29) is 18.9 Å². The highest BCUT2D eigenvalue weighted by atomic mass is 19.1. The zero-order valence-electron chi connectivity index (χ0n) is 15.6. The molecule has 2 aromatic carbocycles. The molecule has 0 bridgehead atoms. The number of carbonyl (C=O) groups is 3. The van der Waals surface area contributed by atoms with E-state index in [1.807, 2.05) is 19.1 Å². The maximum Gasteiger partial charge on any atom is 0.279 e. The van der Waals surface area contributed by atoms with Gasteiger partial charge in [0, 0.05) is 18.5 Å². The fourth-order valence-corrected chi connectivity index (χ4v) is 2.28. The first-order valence-corrected chi connectivity index (χ1v) is 8.71. The first-order chi connectivity index (χ1) is 13.4. The lowest BCUT2D eigenvalue weighted by atomic mass is 10.1. The topological polar surface area (TPSA) is 96.5 Å². The van der Waals surface area contributed by atoms with E-state index in [2.05, 4.69) is 16.2 Å². The fourth-order valence-electron chi connectivity index (χ4n) is 2.28. The van der Waals surface area contributed by atoms with Gasteiger partial charge < -0.3 is 10.1 Å². The van der Waals surface area contributed by atoms with Gasteiger partial charge in [0.05, 0.1) is 0 Å². The van der Waals surface area contributed by atoms with Crippen LogP contribution in [0.5, 0.6) is 5.75 Å². The summed E-state index contributed by atoms with van der Waals surface area (Å²) in [6.07, 6.45) is -0.906. The van der Waals surface area contributed by atoms with Gasteiger partial charge in [0.25, 0.3) is 11.8 Å². The molecule has 0 aliphatic heterocycles. The van der Waals surface area contributed by atoms with Crippen molar-refractivity contribution in [2.75, 3.05) is 6.54 Å². The van der Waals surface area contributed by atoms with Crippen molar-refractivity contribution in [2.24, 2.45) is 0 Å². The molecule has 0 unspecified atom stereocenters. The number of rotatable bonds is 7. The van der Waals surface area contributed by atoms with Gasteiger partial charge in [-0.25, -0.2) is 4.39 Å². The van der Waals surface area contributed by atoms with E-state index in [0.29, 0.717) is 11.3 Å². The minimum atomic E-state index is -0.897. The predicted molar refractivity (Wildman–Crippen MR) is 101 cm³/mol. The molecule has 3 amide bonds. The number of amides is 3. The van der Waals surface area contributed by atoms with Crippen molar-refractivity contribution in [1.82, 2.24) is 16.2 Å². The number of carbonyl (C=O) groups excluding carboxylic acids is 3. The largest absolute Gasteiger partial charge is 0.481 e. The van der Waals surface area contributed by atoms with Crippen LogP contribution in [0.3, 0.4) is 0 Å². The Balaban J connectivity index is 1.68. The molecule has 3 N–H and O–H groups in total. The van der Waals surface area contributed by atoms with E-state index in [1.54, 1.807) is 12.1 Å². The summed E-state index contributed by atoms with van der Waals surface area (Å²) < 4.78 is 18.2. The summed E-state index contributed by atoms with van der Waals surface area (Å²) in [5, 5.41) is 2.65. The predicted octanol–water partition coefficient (Wildman–Crippen LogP) is 1.87. The van der Waals surface area contributed by atoms with Crippen molar-refractivity contribution < 1.29 is 23.5 Å². The Kier molecular flexibility index (Phi) is 7.50. The Bertz CT molecular complexity index is 840. The lowest BCUT2D eigenvalue weighted by molar-refractivity contribution is -0.132. The van der Waals surface area contributed by atoms with Gasteiger partial charge in [-0.3, -0.25) is 25.2 Å². The number of hydrogen-bond donors (Lipinski definition) is 3. The number of hydrazine groups is 1. The molecule has 148 valence electrons. The summed E-state index contributed by atoms with van der Waals surface area (Å²) in [5.41, 5.74) is 5.88. The Labute approximate surface area is 162 Å². The molecule has 0 aliphatic carbocycles. The van der Waals surface area contributed by atoms with Crippen LogP contribution in [0.1, 0.15) is 29.3 Å². The van der Waals surface area contributed by atoms with E-state index < -0.39 is 23.7 Å². The van der Waals surface area contributed by atoms with Gasteiger partial charge in [0.1, 0.15) is 11.6 Å². The van der Waals surface area contributed by atoms with E-state index in [0.717, 1.165) is 5.56 Å². The van der Waals surface area contributed by atoms with Crippen LogP contribution in [0.15, 0.2) is 48.5 Å². The van der Waals surface area contributed by atoms with Crippen LogP contribution in [-0.4, -0.2) is 30.4 Å². The van der Waals surface area contributed by atoms with Crippen LogP contribution < -0.4 is 20.9 Å². The van der Waals surface area contributed by atoms with Gasteiger partial charge in [-0.1, -0.05) is 18.2 Å². The highest BCUT2D eigenvalue weighted by Crippen LogP contribution is 2.12. The van der Waals surface area contributed by atoms with E-state index >= 15 is 0 Å². The van der Waals surface area contributed by atoms with E-state index in [1.165, 1.54) is 31.2 Å². The van der Waals surface area contributed by atoms with Crippen molar-refractivity contribution >= 4 is 17.7 Å². The highest BCUT2D eigenvalue weighted by Gasteiger charge is 2.15. The normalized spacial score (nSPS) is 11.2. The summed E-state index contributed by atoms with van der Waals surface area (Å²) >= 11 is 0. The Morgan fingerprint density at radius 3 is 2.39 bits per heavy atom. The van der Waals surface area contributed by atoms with Crippen molar-refractivity contribution in [3.8, 4) is 5.75 Å². The Morgan fingerprint density at radius 1 is 1.04 bits per heavy atom. The molecule has 1 atom stereocenters. The zero-order valence-corrected chi connectivity index (χ0v) is 15.6.